The van der Waals surface area contributed by atoms with Gasteiger partial charge >= 0.3 is 6.18 Å². The SMILES string of the molecule is N#C/C(=C/c1ccc(C#N)cc1)C(=O)Nc1cc(C(F)(F)F)ccc1Cl. The normalized spacial score (nSPS) is 11.4. The lowest BCUT2D eigenvalue weighted by molar-refractivity contribution is -0.137. The van der Waals surface area contributed by atoms with Crippen molar-refractivity contribution in [1.29, 1.82) is 10.5 Å². The molecule has 1 amide bonds. The topological polar surface area (TPSA) is 76.7 Å². The third-order valence-electron chi connectivity index (χ3n) is 3.26. The predicted octanol–water partition coefficient (Wildman–Crippen LogP) is 4.78. The average Bonchev–Trinajstić information content (AvgIpc) is 2.61. The molecule has 0 atom stereocenters. The van der Waals surface area contributed by atoms with Gasteiger partial charge in [0, 0.05) is 0 Å². The second-order valence-corrected chi connectivity index (χ2v) is 5.46. The smallest absolute Gasteiger partial charge is 0.320 e. The summed E-state index contributed by atoms with van der Waals surface area (Å²) in [7, 11) is 0. The lowest BCUT2D eigenvalue weighted by Crippen LogP contribution is -2.15. The second kappa shape index (κ2) is 7.73. The molecular weight excluding hydrogens is 367 g/mol. The molecule has 0 spiro atoms. The summed E-state index contributed by atoms with van der Waals surface area (Å²) in [5.41, 5.74) is -0.686. The zero-order chi connectivity index (χ0) is 19.3. The molecule has 4 nitrogen and oxygen atoms in total. The number of alkyl halides is 3. The van der Waals surface area contributed by atoms with Crippen molar-refractivity contribution in [2.24, 2.45) is 0 Å². The molecule has 8 heteroatoms. The number of hydrogen-bond donors (Lipinski definition) is 1. The first-order chi connectivity index (χ1) is 12.2. The van der Waals surface area contributed by atoms with Crippen molar-refractivity contribution in [3.63, 3.8) is 0 Å². The summed E-state index contributed by atoms with van der Waals surface area (Å²) in [6, 6.07) is 12.2. The maximum Gasteiger partial charge on any atom is 0.416 e. The van der Waals surface area contributed by atoms with Gasteiger partial charge in [-0.2, -0.15) is 23.7 Å². The van der Waals surface area contributed by atoms with Crippen LogP contribution in [0.3, 0.4) is 0 Å². The highest BCUT2D eigenvalue weighted by Gasteiger charge is 2.31. The van der Waals surface area contributed by atoms with Gasteiger partial charge in [0.25, 0.3) is 5.91 Å². The Morgan fingerprint density at radius 1 is 1.12 bits per heavy atom. The summed E-state index contributed by atoms with van der Waals surface area (Å²) in [6.45, 7) is 0. The molecule has 0 saturated carbocycles. The van der Waals surface area contributed by atoms with Crippen LogP contribution in [0, 0.1) is 22.7 Å². The highest BCUT2D eigenvalue weighted by atomic mass is 35.5. The molecule has 1 N–H and O–H groups in total. The Labute approximate surface area is 151 Å². The summed E-state index contributed by atoms with van der Waals surface area (Å²) in [6.07, 6.45) is -3.35. The third-order valence-corrected chi connectivity index (χ3v) is 3.59. The van der Waals surface area contributed by atoms with E-state index in [2.05, 4.69) is 5.32 Å². The first kappa shape index (κ1) is 19.0. The number of hydrogen-bond acceptors (Lipinski definition) is 3. The van der Waals surface area contributed by atoms with Crippen molar-refractivity contribution in [2.75, 3.05) is 5.32 Å². The van der Waals surface area contributed by atoms with Crippen LogP contribution in [-0.4, -0.2) is 5.91 Å². The molecule has 26 heavy (non-hydrogen) atoms. The van der Waals surface area contributed by atoms with Crippen LogP contribution < -0.4 is 5.32 Å². The van der Waals surface area contributed by atoms with E-state index in [1.54, 1.807) is 6.07 Å². The van der Waals surface area contributed by atoms with Crippen LogP contribution in [0.1, 0.15) is 16.7 Å². The number of anilines is 1. The molecule has 0 aliphatic heterocycles. The van der Waals surface area contributed by atoms with Crippen LogP contribution in [0.2, 0.25) is 5.02 Å². The molecule has 2 rings (SSSR count). The Morgan fingerprint density at radius 2 is 1.77 bits per heavy atom. The fraction of sp³-hybridized carbons (Fsp3) is 0.0556. The number of amides is 1. The molecule has 0 aromatic heterocycles. The highest BCUT2D eigenvalue weighted by Crippen LogP contribution is 2.34. The molecule has 0 saturated heterocycles. The van der Waals surface area contributed by atoms with Crippen LogP contribution in [0.25, 0.3) is 6.08 Å². The Morgan fingerprint density at radius 3 is 2.31 bits per heavy atom. The van der Waals surface area contributed by atoms with Gasteiger partial charge in [-0.05, 0) is 42.0 Å². The average molecular weight is 376 g/mol. The van der Waals surface area contributed by atoms with E-state index < -0.39 is 17.6 Å². The van der Waals surface area contributed by atoms with E-state index in [9.17, 15) is 18.0 Å². The molecule has 0 fully saturated rings. The predicted molar refractivity (Wildman–Crippen MR) is 89.8 cm³/mol. The van der Waals surface area contributed by atoms with Crippen LogP contribution in [0.4, 0.5) is 18.9 Å². The highest BCUT2D eigenvalue weighted by molar-refractivity contribution is 6.34. The van der Waals surface area contributed by atoms with Gasteiger partial charge in [0.2, 0.25) is 0 Å². The number of nitrogens with one attached hydrogen (secondary N) is 1. The van der Waals surface area contributed by atoms with Gasteiger partial charge in [-0.1, -0.05) is 23.7 Å². The van der Waals surface area contributed by atoms with Crippen molar-refractivity contribution in [1.82, 2.24) is 0 Å². The van der Waals surface area contributed by atoms with Crippen molar-refractivity contribution >= 4 is 29.3 Å². The van der Waals surface area contributed by atoms with Crippen LogP contribution in [0.5, 0.6) is 0 Å². The maximum atomic E-state index is 12.8. The first-order valence-corrected chi connectivity index (χ1v) is 7.42. The van der Waals surface area contributed by atoms with Gasteiger partial charge in [0.1, 0.15) is 11.6 Å². The first-order valence-electron chi connectivity index (χ1n) is 7.04. The Bertz CT molecular complexity index is 952. The number of nitriles is 2. The minimum Gasteiger partial charge on any atom is -0.320 e. The fourth-order valence-corrected chi connectivity index (χ4v) is 2.12. The lowest BCUT2D eigenvalue weighted by Gasteiger charge is -2.11. The summed E-state index contributed by atoms with van der Waals surface area (Å²) < 4.78 is 38.3. The quantitative estimate of drug-likeness (QED) is 0.619. The molecular formula is C18H9ClF3N3O. The lowest BCUT2D eigenvalue weighted by atomic mass is 10.1. The zero-order valence-corrected chi connectivity index (χ0v) is 13.7. The monoisotopic (exact) mass is 375 g/mol. The van der Waals surface area contributed by atoms with E-state index in [1.165, 1.54) is 30.3 Å². The molecule has 0 radical (unpaired) electrons. The van der Waals surface area contributed by atoms with E-state index in [0.29, 0.717) is 17.2 Å². The summed E-state index contributed by atoms with van der Waals surface area (Å²) in [5, 5.41) is 20.0. The molecule has 0 aliphatic rings. The number of carbonyl (C=O) groups is 1. The largest absolute Gasteiger partial charge is 0.416 e. The molecule has 2 aromatic carbocycles. The van der Waals surface area contributed by atoms with E-state index in [1.807, 2.05) is 6.07 Å². The van der Waals surface area contributed by atoms with Gasteiger partial charge in [-0.25, -0.2) is 0 Å². The number of rotatable bonds is 3. The molecule has 0 unspecified atom stereocenters. The molecule has 0 bridgehead atoms. The van der Waals surface area contributed by atoms with Gasteiger partial charge in [-0.15, -0.1) is 0 Å². The number of nitrogens with zero attached hydrogens (tertiary/aromatic N) is 2. The van der Waals surface area contributed by atoms with Crippen molar-refractivity contribution in [2.45, 2.75) is 6.18 Å². The third kappa shape index (κ3) is 4.62. The summed E-state index contributed by atoms with van der Waals surface area (Å²) in [4.78, 5) is 12.2. The molecule has 130 valence electrons. The van der Waals surface area contributed by atoms with E-state index in [4.69, 9.17) is 22.1 Å². The molecule has 2 aromatic rings. The van der Waals surface area contributed by atoms with Gasteiger partial charge < -0.3 is 5.32 Å². The number of carbonyl (C=O) groups excluding carboxylic acids is 1. The maximum absolute atomic E-state index is 12.8. The minimum atomic E-state index is -4.60. The Balaban J connectivity index is 2.28. The number of benzene rings is 2. The van der Waals surface area contributed by atoms with Crippen molar-refractivity contribution in [3.8, 4) is 12.1 Å². The Kier molecular flexibility index (Phi) is 5.66. The van der Waals surface area contributed by atoms with Crippen molar-refractivity contribution < 1.29 is 18.0 Å². The van der Waals surface area contributed by atoms with Crippen LogP contribution in [-0.2, 0) is 11.0 Å². The van der Waals surface area contributed by atoms with Gasteiger partial charge in [-0.3, -0.25) is 4.79 Å². The fourth-order valence-electron chi connectivity index (χ4n) is 1.96. The van der Waals surface area contributed by atoms with E-state index in [0.717, 1.165) is 12.1 Å². The molecule has 0 aliphatic carbocycles. The van der Waals surface area contributed by atoms with E-state index in [-0.39, 0.29) is 16.3 Å². The standard InChI is InChI=1S/C18H9ClF3N3O/c19-15-6-5-14(18(20,21)22)8-16(15)25-17(26)13(10-24)7-11-1-3-12(9-23)4-2-11/h1-8H,(H,25,26)/b13-7-. The number of halogens is 4. The van der Waals surface area contributed by atoms with Crippen LogP contribution >= 0.6 is 11.6 Å². The molecule has 0 heterocycles. The second-order valence-electron chi connectivity index (χ2n) is 5.05. The van der Waals surface area contributed by atoms with Gasteiger partial charge in [0.05, 0.1) is 27.9 Å². The zero-order valence-electron chi connectivity index (χ0n) is 12.9. The van der Waals surface area contributed by atoms with Gasteiger partial charge in [0.15, 0.2) is 0 Å². The van der Waals surface area contributed by atoms with Crippen molar-refractivity contribution in [3.05, 3.63) is 69.8 Å². The summed E-state index contributed by atoms with van der Waals surface area (Å²) in [5.74, 6) is -0.905. The van der Waals surface area contributed by atoms with Crippen LogP contribution in [0.15, 0.2) is 48.0 Å². The minimum absolute atomic E-state index is 0.0954. The Hall–Kier alpha value is -3.29. The summed E-state index contributed by atoms with van der Waals surface area (Å²) >= 11 is 5.82. The van der Waals surface area contributed by atoms with E-state index >= 15 is 0 Å².